The molecular weight excluding hydrogens is 240 g/mol. The summed E-state index contributed by atoms with van der Waals surface area (Å²) in [6.07, 6.45) is 3.88. The van der Waals surface area contributed by atoms with Crippen LogP contribution in [0.3, 0.4) is 0 Å². The van der Waals surface area contributed by atoms with Crippen molar-refractivity contribution in [1.82, 2.24) is 9.38 Å². The first-order valence-electron chi connectivity index (χ1n) is 5.90. The van der Waals surface area contributed by atoms with Crippen LogP contribution in [0.5, 0.6) is 0 Å². The summed E-state index contributed by atoms with van der Waals surface area (Å²) in [5.41, 5.74) is 3.13. The van der Waals surface area contributed by atoms with Crippen molar-refractivity contribution in [3.63, 3.8) is 0 Å². The highest BCUT2D eigenvalue weighted by Gasteiger charge is 2.08. The summed E-state index contributed by atoms with van der Waals surface area (Å²) >= 11 is 0. The summed E-state index contributed by atoms with van der Waals surface area (Å²) in [7, 11) is 1.37. The average Bonchev–Trinajstić information content (AvgIpc) is 2.90. The molecule has 2 aromatic heterocycles. The standard InChI is InChI=1S/C15H12N2O2/c1-19-15(18)12-6-4-5-11(9-12)13-10-17-8-3-2-7-14(17)16-13/h2-10H,1H3. The van der Waals surface area contributed by atoms with Crippen LogP contribution in [0.15, 0.2) is 54.9 Å². The van der Waals surface area contributed by atoms with Crippen molar-refractivity contribution in [3.05, 3.63) is 60.4 Å². The molecule has 1 aromatic carbocycles. The Balaban J connectivity index is 2.08. The van der Waals surface area contributed by atoms with Gasteiger partial charge in [0.1, 0.15) is 5.65 Å². The van der Waals surface area contributed by atoms with Gasteiger partial charge in [-0.25, -0.2) is 9.78 Å². The number of hydrogen-bond acceptors (Lipinski definition) is 3. The Bertz CT molecular complexity index is 713. The highest BCUT2D eigenvalue weighted by atomic mass is 16.5. The molecule has 19 heavy (non-hydrogen) atoms. The van der Waals surface area contributed by atoms with E-state index in [9.17, 15) is 4.79 Å². The van der Waals surface area contributed by atoms with Gasteiger partial charge in [0.05, 0.1) is 18.4 Å². The molecule has 3 rings (SSSR count). The molecule has 0 fully saturated rings. The predicted octanol–water partition coefficient (Wildman–Crippen LogP) is 2.79. The topological polar surface area (TPSA) is 43.6 Å². The number of hydrogen-bond donors (Lipinski definition) is 0. The molecule has 0 unspecified atom stereocenters. The Hall–Kier alpha value is -2.62. The Morgan fingerprint density at radius 1 is 1.21 bits per heavy atom. The highest BCUT2D eigenvalue weighted by molar-refractivity contribution is 5.90. The van der Waals surface area contributed by atoms with Crippen LogP contribution >= 0.6 is 0 Å². The zero-order valence-electron chi connectivity index (χ0n) is 10.4. The maximum absolute atomic E-state index is 11.5. The second kappa shape index (κ2) is 4.57. The lowest BCUT2D eigenvalue weighted by molar-refractivity contribution is 0.0601. The zero-order valence-corrected chi connectivity index (χ0v) is 10.4. The number of pyridine rings is 1. The van der Waals surface area contributed by atoms with E-state index in [1.165, 1.54) is 7.11 Å². The largest absolute Gasteiger partial charge is 0.465 e. The van der Waals surface area contributed by atoms with Crippen LogP contribution in [-0.4, -0.2) is 22.5 Å². The third-order valence-electron chi connectivity index (χ3n) is 2.94. The predicted molar refractivity (Wildman–Crippen MR) is 72.0 cm³/mol. The molecule has 4 nitrogen and oxygen atoms in total. The SMILES string of the molecule is COC(=O)c1cccc(-c2cn3ccccc3n2)c1. The number of aromatic nitrogens is 2. The van der Waals surface area contributed by atoms with Crippen molar-refractivity contribution in [2.24, 2.45) is 0 Å². The lowest BCUT2D eigenvalue weighted by atomic mass is 10.1. The number of ether oxygens (including phenoxy) is 1. The third-order valence-corrected chi connectivity index (χ3v) is 2.94. The molecule has 0 aliphatic carbocycles. The van der Waals surface area contributed by atoms with Crippen molar-refractivity contribution >= 4 is 11.6 Å². The number of methoxy groups -OCH3 is 1. The Morgan fingerprint density at radius 3 is 2.89 bits per heavy atom. The number of imidazole rings is 1. The smallest absolute Gasteiger partial charge is 0.337 e. The van der Waals surface area contributed by atoms with Crippen LogP contribution in [0.25, 0.3) is 16.9 Å². The van der Waals surface area contributed by atoms with E-state index < -0.39 is 0 Å². The van der Waals surface area contributed by atoms with Crippen molar-refractivity contribution in [3.8, 4) is 11.3 Å². The normalized spacial score (nSPS) is 10.6. The van der Waals surface area contributed by atoms with Gasteiger partial charge in [0.25, 0.3) is 0 Å². The van der Waals surface area contributed by atoms with Crippen molar-refractivity contribution in [2.45, 2.75) is 0 Å². The average molecular weight is 252 g/mol. The molecule has 0 amide bonds. The number of rotatable bonds is 2. The van der Waals surface area contributed by atoms with Gasteiger partial charge in [0, 0.05) is 18.0 Å². The Morgan fingerprint density at radius 2 is 2.11 bits per heavy atom. The number of benzene rings is 1. The van der Waals surface area contributed by atoms with Gasteiger partial charge in [-0.2, -0.15) is 0 Å². The maximum Gasteiger partial charge on any atom is 0.337 e. The first kappa shape index (κ1) is 11.5. The number of fused-ring (bicyclic) bond motifs is 1. The van der Waals surface area contributed by atoms with Crippen LogP contribution in [0.4, 0.5) is 0 Å². The fraction of sp³-hybridized carbons (Fsp3) is 0.0667. The minimum Gasteiger partial charge on any atom is -0.465 e. The van der Waals surface area contributed by atoms with E-state index in [2.05, 4.69) is 4.98 Å². The maximum atomic E-state index is 11.5. The second-order valence-corrected chi connectivity index (χ2v) is 4.16. The molecule has 0 aliphatic heterocycles. The van der Waals surface area contributed by atoms with Gasteiger partial charge in [-0.05, 0) is 24.3 Å². The molecule has 0 aliphatic rings. The summed E-state index contributed by atoms with van der Waals surface area (Å²) in [4.78, 5) is 16.0. The van der Waals surface area contributed by atoms with Crippen molar-refractivity contribution in [2.75, 3.05) is 7.11 Å². The van der Waals surface area contributed by atoms with Gasteiger partial charge in [0.15, 0.2) is 0 Å². The molecule has 0 atom stereocenters. The zero-order chi connectivity index (χ0) is 13.2. The molecule has 3 aromatic rings. The lowest BCUT2D eigenvalue weighted by Gasteiger charge is -2.01. The summed E-state index contributed by atoms with van der Waals surface area (Å²) in [5, 5.41) is 0. The monoisotopic (exact) mass is 252 g/mol. The van der Waals surface area contributed by atoms with Crippen molar-refractivity contribution < 1.29 is 9.53 Å². The van der Waals surface area contributed by atoms with Crippen molar-refractivity contribution in [1.29, 1.82) is 0 Å². The van der Waals surface area contributed by atoms with Gasteiger partial charge in [-0.1, -0.05) is 18.2 Å². The van der Waals surface area contributed by atoms with Gasteiger partial charge in [-0.15, -0.1) is 0 Å². The van der Waals surface area contributed by atoms with Gasteiger partial charge in [0.2, 0.25) is 0 Å². The molecule has 94 valence electrons. The minimum atomic E-state index is -0.342. The fourth-order valence-electron chi connectivity index (χ4n) is 2.00. The van der Waals surface area contributed by atoms with Gasteiger partial charge in [-0.3, -0.25) is 0 Å². The molecule has 0 spiro atoms. The lowest BCUT2D eigenvalue weighted by Crippen LogP contribution is -2.00. The van der Waals surface area contributed by atoms with E-state index in [4.69, 9.17) is 4.74 Å². The van der Waals surface area contributed by atoms with Crippen LogP contribution in [0.1, 0.15) is 10.4 Å². The molecule has 0 radical (unpaired) electrons. The van der Waals surface area contributed by atoms with Crippen LogP contribution in [0, 0.1) is 0 Å². The van der Waals surface area contributed by atoms with Crippen LogP contribution < -0.4 is 0 Å². The van der Waals surface area contributed by atoms with E-state index in [1.807, 2.05) is 47.1 Å². The molecule has 0 saturated carbocycles. The number of carbonyl (C=O) groups excluding carboxylic acids is 1. The summed E-state index contributed by atoms with van der Waals surface area (Å²) in [5.74, 6) is -0.342. The quantitative estimate of drug-likeness (QED) is 0.659. The van der Waals surface area contributed by atoms with E-state index in [-0.39, 0.29) is 5.97 Å². The first-order chi connectivity index (χ1) is 9.28. The molecule has 0 bridgehead atoms. The summed E-state index contributed by atoms with van der Waals surface area (Å²) in [6, 6.07) is 13.1. The van der Waals surface area contributed by atoms with Crippen LogP contribution in [-0.2, 0) is 4.74 Å². The molecular formula is C15H12N2O2. The summed E-state index contributed by atoms with van der Waals surface area (Å²) in [6.45, 7) is 0. The Kier molecular flexibility index (Phi) is 2.76. The van der Waals surface area contributed by atoms with E-state index in [0.717, 1.165) is 16.9 Å². The van der Waals surface area contributed by atoms with E-state index in [0.29, 0.717) is 5.56 Å². The second-order valence-electron chi connectivity index (χ2n) is 4.16. The van der Waals surface area contributed by atoms with Gasteiger partial charge < -0.3 is 9.14 Å². The van der Waals surface area contributed by atoms with E-state index >= 15 is 0 Å². The number of carbonyl (C=O) groups is 1. The summed E-state index contributed by atoms with van der Waals surface area (Å²) < 4.78 is 6.67. The minimum absolute atomic E-state index is 0.342. The molecule has 4 heteroatoms. The number of nitrogens with zero attached hydrogens (tertiary/aromatic N) is 2. The molecule has 0 saturated heterocycles. The van der Waals surface area contributed by atoms with E-state index in [1.54, 1.807) is 12.1 Å². The highest BCUT2D eigenvalue weighted by Crippen LogP contribution is 2.20. The van der Waals surface area contributed by atoms with Crippen LogP contribution in [0.2, 0.25) is 0 Å². The number of esters is 1. The molecule has 0 N–H and O–H groups in total. The third kappa shape index (κ3) is 2.08. The fourth-order valence-corrected chi connectivity index (χ4v) is 2.00. The molecule has 2 heterocycles. The first-order valence-corrected chi connectivity index (χ1v) is 5.90. The Labute approximate surface area is 110 Å². The van der Waals surface area contributed by atoms with Gasteiger partial charge >= 0.3 is 5.97 Å².